The smallest absolute Gasteiger partial charge is 0.216 e. The van der Waals surface area contributed by atoms with Crippen molar-refractivity contribution in [2.45, 2.75) is 26.3 Å². The van der Waals surface area contributed by atoms with Gasteiger partial charge in [0.2, 0.25) is 11.6 Å². The maximum absolute atomic E-state index is 13.2. The van der Waals surface area contributed by atoms with Crippen LogP contribution in [0.4, 0.5) is 0 Å². The summed E-state index contributed by atoms with van der Waals surface area (Å²) in [5.41, 5.74) is 2.05. The van der Waals surface area contributed by atoms with E-state index in [0.717, 1.165) is 0 Å². The molecule has 130 valence electrons. The molecule has 26 heavy (non-hydrogen) atoms. The Hall–Kier alpha value is -3.28. The van der Waals surface area contributed by atoms with Crippen LogP contribution in [0.15, 0.2) is 54.2 Å². The lowest BCUT2D eigenvalue weighted by Gasteiger charge is -2.28. The van der Waals surface area contributed by atoms with Gasteiger partial charge in [0, 0.05) is 16.7 Å². The molecule has 3 aromatic rings. The second-order valence-corrected chi connectivity index (χ2v) is 7.28. The molecule has 0 spiro atoms. The van der Waals surface area contributed by atoms with Crippen LogP contribution in [0, 0.1) is 0 Å². The van der Waals surface area contributed by atoms with Crippen molar-refractivity contribution in [2.75, 3.05) is 0 Å². The van der Waals surface area contributed by atoms with E-state index in [2.05, 4.69) is 15.5 Å². The maximum Gasteiger partial charge on any atom is 0.216 e. The molecule has 6 nitrogen and oxygen atoms in total. The average Bonchev–Trinajstić information content (AvgIpc) is 3.02. The summed E-state index contributed by atoms with van der Waals surface area (Å²) >= 11 is 0. The van der Waals surface area contributed by atoms with E-state index in [9.17, 15) is 9.59 Å². The summed E-state index contributed by atoms with van der Waals surface area (Å²) in [4.78, 5) is 27.6. The van der Waals surface area contributed by atoms with Crippen molar-refractivity contribution < 1.29 is 9.59 Å². The lowest BCUT2D eigenvalue weighted by Crippen LogP contribution is -2.41. The van der Waals surface area contributed by atoms with Crippen LogP contribution in [-0.4, -0.2) is 32.1 Å². The molecular weight excluding hydrogens is 328 g/mol. The van der Waals surface area contributed by atoms with Crippen LogP contribution in [-0.2, 0) is 0 Å². The summed E-state index contributed by atoms with van der Waals surface area (Å²) < 4.78 is 0. The average molecular weight is 346 g/mol. The highest BCUT2D eigenvalue weighted by Crippen LogP contribution is 2.29. The second kappa shape index (κ2) is 5.62. The van der Waals surface area contributed by atoms with E-state index in [1.807, 2.05) is 45.0 Å². The van der Waals surface area contributed by atoms with Crippen molar-refractivity contribution in [1.82, 2.24) is 20.3 Å². The fourth-order valence-electron chi connectivity index (χ4n) is 3.00. The van der Waals surface area contributed by atoms with E-state index in [1.165, 1.54) is 4.80 Å². The minimum atomic E-state index is -0.407. The number of hydrogen-bond acceptors (Lipinski definition) is 5. The Kier molecular flexibility index (Phi) is 3.50. The van der Waals surface area contributed by atoms with Crippen molar-refractivity contribution >= 4 is 28.3 Å². The predicted octanol–water partition coefficient (Wildman–Crippen LogP) is 3.07. The number of fused-ring (bicyclic) bond motifs is 2. The van der Waals surface area contributed by atoms with Crippen LogP contribution >= 0.6 is 0 Å². The lowest BCUT2D eigenvalue weighted by molar-refractivity contribution is 0.0976. The van der Waals surface area contributed by atoms with Gasteiger partial charge in [-0.2, -0.15) is 0 Å². The number of hydrogen-bond donors (Lipinski definition) is 1. The Balaban J connectivity index is 1.98. The Labute approximate surface area is 150 Å². The molecule has 0 fully saturated rings. The zero-order valence-electron chi connectivity index (χ0n) is 14.8. The maximum atomic E-state index is 13.2. The highest BCUT2D eigenvalue weighted by atomic mass is 16.1. The van der Waals surface area contributed by atoms with Crippen LogP contribution in [0.25, 0.3) is 16.7 Å². The van der Waals surface area contributed by atoms with E-state index >= 15 is 0 Å². The number of allylic oxidation sites excluding steroid dienone is 2. The van der Waals surface area contributed by atoms with Crippen LogP contribution < -0.4 is 5.32 Å². The van der Waals surface area contributed by atoms with Crippen LogP contribution in [0.2, 0.25) is 0 Å². The van der Waals surface area contributed by atoms with Gasteiger partial charge in [0.1, 0.15) is 16.7 Å². The normalized spacial score (nSPS) is 14.7. The highest BCUT2D eigenvalue weighted by Gasteiger charge is 2.36. The van der Waals surface area contributed by atoms with Gasteiger partial charge in [-0.25, -0.2) is 0 Å². The molecule has 0 unspecified atom stereocenters. The molecule has 6 heteroatoms. The predicted molar refractivity (Wildman–Crippen MR) is 98.7 cm³/mol. The fraction of sp³-hybridized carbons (Fsp3) is 0.200. The number of ketones is 2. The first-order chi connectivity index (χ1) is 12.3. The zero-order valence-corrected chi connectivity index (χ0v) is 14.8. The monoisotopic (exact) mass is 346 g/mol. The molecular formula is C20H18N4O2. The van der Waals surface area contributed by atoms with E-state index in [-0.39, 0.29) is 23.0 Å². The first-order valence-electron chi connectivity index (χ1n) is 8.38. The van der Waals surface area contributed by atoms with Crippen molar-refractivity contribution in [3.05, 3.63) is 65.4 Å². The van der Waals surface area contributed by atoms with Gasteiger partial charge in [0.25, 0.3) is 0 Å². The Bertz CT molecular complexity index is 1050. The summed E-state index contributed by atoms with van der Waals surface area (Å²) in [6.07, 6.45) is 0. The van der Waals surface area contributed by atoms with Gasteiger partial charge in [-0.1, -0.05) is 36.4 Å². The third kappa shape index (κ3) is 2.60. The standard InChI is InChI=1S/C20H18N4O2/c1-20(2,3)21-16-17(24-22-14-10-6-7-11-15(14)23-24)19(26)13-9-5-4-8-12(13)18(16)25/h4-11,21H,1-3H3. The molecule has 0 radical (unpaired) electrons. The van der Waals surface area contributed by atoms with Crippen molar-refractivity contribution in [1.29, 1.82) is 0 Å². The first-order valence-corrected chi connectivity index (χ1v) is 8.38. The summed E-state index contributed by atoms with van der Waals surface area (Å²) in [6, 6.07) is 14.2. The molecule has 0 atom stereocenters. The van der Waals surface area contributed by atoms with Crippen LogP contribution in [0.3, 0.4) is 0 Å². The number of benzene rings is 2. The van der Waals surface area contributed by atoms with Crippen molar-refractivity contribution in [3.8, 4) is 0 Å². The lowest BCUT2D eigenvalue weighted by atomic mass is 9.89. The number of aromatic nitrogens is 3. The summed E-state index contributed by atoms with van der Waals surface area (Å²) in [7, 11) is 0. The largest absolute Gasteiger partial charge is 0.375 e. The molecule has 2 aromatic carbocycles. The summed E-state index contributed by atoms with van der Waals surface area (Å²) in [5, 5.41) is 12.0. The summed E-state index contributed by atoms with van der Waals surface area (Å²) in [6.45, 7) is 5.80. The van der Waals surface area contributed by atoms with Gasteiger partial charge in [-0.3, -0.25) is 9.59 Å². The van der Waals surface area contributed by atoms with Gasteiger partial charge in [0.05, 0.1) is 0 Å². The number of carbonyl (C=O) groups excluding carboxylic acids is 2. The number of carbonyl (C=O) groups is 2. The molecule has 1 aliphatic rings. The van der Waals surface area contributed by atoms with Gasteiger partial charge in [-0.15, -0.1) is 15.0 Å². The van der Waals surface area contributed by atoms with Gasteiger partial charge in [0.15, 0.2) is 5.70 Å². The molecule has 0 bridgehead atoms. The molecule has 0 aliphatic heterocycles. The van der Waals surface area contributed by atoms with E-state index in [1.54, 1.807) is 24.3 Å². The minimum Gasteiger partial charge on any atom is -0.375 e. The van der Waals surface area contributed by atoms with E-state index in [4.69, 9.17) is 0 Å². The van der Waals surface area contributed by atoms with Crippen LogP contribution in [0.5, 0.6) is 0 Å². The Morgan fingerprint density at radius 2 is 1.31 bits per heavy atom. The quantitative estimate of drug-likeness (QED) is 0.772. The zero-order chi connectivity index (χ0) is 18.5. The molecule has 0 amide bonds. The Morgan fingerprint density at radius 1 is 0.808 bits per heavy atom. The molecule has 0 saturated heterocycles. The third-order valence-corrected chi connectivity index (χ3v) is 4.08. The molecule has 1 N–H and O–H groups in total. The van der Waals surface area contributed by atoms with Gasteiger partial charge < -0.3 is 5.32 Å². The topological polar surface area (TPSA) is 76.9 Å². The Morgan fingerprint density at radius 3 is 1.85 bits per heavy atom. The molecule has 0 saturated carbocycles. The third-order valence-electron chi connectivity index (χ3n) is 4.08. The van der Waals surface area contributed by atoms with Crippen LogP contribution in [0.1, 0.15) is 41.5 Å². The van der Waals surface area contributed by atoms with E-state index < -0.39 is 5.54 Å². The number of Topliss-reactive ketones (excluding diaryl/α,β-unsaturated/α-hetero) is 2. The van der Waals surface area contributed by atoms with Gasteiger partial charge in [-0.05, 0) is 32.9 Å². The highest BCUT2D eigenvalue weighted by molar-refractivity contribution is 6.37. The molecule has 1 heterocycles. The number of nitrogens with one attached hydrogen (secondary N) is 1. The molecule has 4 rings (SSSR count). The number of nitrogens with zero attached hydrogens (tertiary/aromatic N) is 3. The molecule has 1 aliphatic carbocycles. The minimum absolute atomic E-state index is 0.153. The van der Waals surface area contributed by atoms with Crippen molar-refractivity contribution in [3.63, 3.8) is 0 Å². The number of rotatable bonds is 2. The SMILES string of the molecule is CC(C)(C)NC1=C(n2nc3ccccc3n2)C(=O)c2ccccc2C1=O. The van der Waals surface area contributed by atoms with Gasteiger partial charge >= 0.3 is 0 Å². The van der Waals surface area contributed by atoms with Crippen molar-refractivity contribution in [2.24, 2.45) is 0 Å². The van der Waals surface area contributed by atoms with E-state index in [0.29, 0.717) is 22.2 Å². The summed E-state index contributed by atoms with van der Waals surface area (Å²) in [5.74, 6) is -0.501. The fourth-order valence-corrected chi connectivity index (χ4v) is 3.00. The molecule has 1 aromatic heterocycles. The first kappa shape index (κ1) is 16.2. The second-order valence-electron chi connectivity index (χ2n) is 7.28.